The van der Waals surface area contributed by atoms with Crippen molar-refractivity contribution < 1.29 is 28.8 Å². The van der Waals surface area contributed by atoms with E-state index in [1.54, 1.807) is 0 Å². The van der Waals surface area contributed by atoms with Gasteiger partial charge in [-0.2, -0.15) is 0 Å². The molecule has 1 N–H and O–H groups in total. The molecule has 180 valence electrons. The molecule has 0 aliphatic carbocycles. The number of benzene rings is 3. The molecule has 6 nitrogen and oxygen atoms in total. The second-order valence-corrected chi connectivity index (χ2v) is 8.31. The fourth-order valence-corrected chi connectivity index (χ4v) is 4.13. The summed E-state index contributed by atoms with van der Waals surface area (Å²) in [4.78, 5) is 0. The lowest BCUT2D eigenvalue weighted by atomic mass is 10.0. The summed E-state index contributed by atoms with van der Waals surface area (Å²) in [6.07, 6.45) is -1.65. The van der Waals surface area contributed by atoms with E-state index in [4.69, 9.17) is 23.7 Å². The van der Waals surface area contributed by atoms with Crippen LogP contribution in [0.1, 0.15) is 16.7 Å². The Morgan fingerprint density at radius 1 is 0.735 bits per heavy atom. The van der Waals surface area contributed by atoms with E-state index in [1.807, 2.05) is 91.0 Å². The molecule has 34 heavy (non-hydrogen) atoms. The van der Waals surface area contributed by atoms with Crippen molar-refractivity contribution in [1.82, 2.24) is 0 Å². The minimum atomic E-state index is -1.35. The zero-order valence-corrected chi connectivity index (χ0v) is 19.4. The molecule has 4 atom stereocenters. The predicted molar refractivity (Wildman–Crippen MR) is 128 cm³/mol. The van der Waals surface area contributed by atoms with Crippen molar-refractivity contribution in [1.29, 1.82) is 0 Å². The van der Waals surface area contributed by atoms with Gasteiger partial charge in [-0.05, 0) is 16.7 Å². The van der Waals surface area contributed by atoms with Gasteiger partial charge in [0.15, 0.2) is 0 Å². The first-order chi connectivity index (χ1) is 16.7. The van der Waals surface area contributed by atoms with Gasteiger partial charge in [0.2, 0.25) is 5.79 Å². The average molecular weight is 465 g/mol. The zero-order chi connectivity index (χ0) is 23.6. The maximum absolute atomic E-state index is 10.3. The van der Waals surface area contributed by atoms with Crippen LogP contribution in [0.25, 0.3) is 0 Å². The number of hydrogen-bond donors (Lipinski definition) is 1. The van der Waals surface area contributed by atoms with Gasteiger partial charge >= 0.3 is 0 Å². The molecule has 1 heterocycles. The van der Waals surface area contributed by atoms with Crippen LogP contribution in [0.5, 0.6) is 0 Å². The van der Waals surface area contributed by atoms with Crippen LogP contribution in [0.3, 0.4) is 0 Å². The van der Waals surface area contributed by atoms with Crippen molar-refractivity contribution in [3.8, 4) is 0 Å². The van der Waals surface area contributed by atoms with Crippen molar-refractivity contribution in [2.45, 2.75) is 43.9 Å². The molecule has 0 bridgehead atoms. The van der Waals surface area contributed by atoms with Crippen molar-refractivity contribution >= 4 is 0 Å². The van der Waals surface area contributed by atoms with Crippen LogP contribution in [0, 0.1) is 0 Å². The van der Waals surface area contributed by atoms with Gasteiger partial charge in [-0.25, -0.2) is 0 Å². The van der Waals surface area contributed by atoms with E-state index >= 15 is 0 Å². The zero-order valence-electron chi connectivity index (χ0n) is 19.4. The van der Waals surface area contributed by atoms with Gasteiger partial charge < -0.3 is 28.8 Å². The van der Waals surface area contributed by atoms with Crippen molar-refractivity contribution in [3.05, 3.63) is 108 Å². The molecule has 1 saturated heterocycles. The average Bonchev–Trinajstić information content (AvgIpc) is 3.20. The Hall–Kier alpha value is -2.58. The van der Waals surface area contributed by atoms with E-state index in [2.05, 4.69) is 0 Å². The maximum atomic E-state index is 10.3. The monoisotopic (exact) mass is 464 g/mol. The van der Waals surface area contributed by atoms with Gasteiger partial charge in [0.25, 0.3) is 0 Å². The third-order valence-electron chi connectivity index (χ3n) is 5.97. The van der Waals surface area contributed by atoms with Crippen molar-refractivity contribution in [2.75, 3.05) is 20.3 Å². The highest BCUT2D eigenvalue weighted by atomic mass is 16.8. The molecule has 1 aliphatic heterocycles. The van der Waals surface area contributed by atoms with Crippen LogP contribution in [0.4, 0.5) is 0 Å². The molecule has 3 aromatic carbocycles. The lowest BCUT2D eigenvalue weighted by Crippen LogP contribution is -2.50. The maximum Gasteiger partial charge on any atom is 0.221 e. The summed E-state index contributed by atoms with van der Waals surface area (Å²) in [5.41, 5.74) is 3.11. The fraction of sp³-hybridized carbons (Fsp3) is 0.357. The van der Waals surface area contributed by atoms with E-state index in [0.29, 0.717) is 19.8 Å². The fourth-order valence-electron chi connectivity index (χ4n) is 4.13. The van der Waals surface area contributed by atoms with Gasteiger partial charge in [-0.1, -0.05) is 91.0 Å². The minimum absolute atomic E-state index is 0.269. The van der Waals surface area contributed by atoms with E-state index in [9.17, 15) is 5.11 Å². The highest BCUT2D eigenvalue weighted by Crippen LogP contribution is 2.37. The van der Waals surface area contributed by atoms with Crippen LogP contribution < -0.4 is 0 Å². The van der Waals surface area contributed by atoms with E-state index < -0.39 is 24.1 Å². The van der Waals surface area contributed by atoms with Gasteiger partial charge in [0.1, 0.15) is 24.9 Å². The summed E-state index contributed by atoms with van der Waals surface area (Å²) in [6, 6.07) is 29.7. The minimum Gasteiger partial charge on any atom is -0.391 e. The molecule has 4 rings (SSSR count). The standard InChI is InChI=1S/C28H32O6/c1-30-28(21-29)27(33-19-24-15-9-4-10-16-24)26(32-18-23-13-7-3-8-14-23)25(34-28)20-31-17-22-11-5-2-6-12-22/h2-16,25-27,29H,17-21H2,1H3/t25-,26-,27+,28+/m0/s1. The number of ether oxygens (including phenoxy) is 5. The summed E-state index contributed by atoms with van der Waals surface area (Å²) in [5.74, 6) is -1.35. The molecule has 1 aliphatic rings. The van der Waals surface area contributed by atoms with Crippen molar-refractivity contribution in [2.24, 2.45) is 0 Å². The van der Waals surface area contributed by atoms with E-state index in [0.717, 1.165) is 16.7 Å². The Labute approximate surface area is 201 Å². The Balaban J connectivity index is 1.50. The van der Waals surface area contributed by atoms with Crippen LogP contribution in [-0.2, 0) is 43.5 Å². The summed E-state index contributed by atoms with van der Waals surface area (Å²) < 4.78 is 30.6. The van der Waals surface area contributed by atoms with Gasteiger partial charge in [0, 0.05) is 7.11 Å². The van der Waals surface area contributed by atoms with Crippen LogP contribution >= 0.6 is 0 Å². The number of aliphatic hydroxyl groups excluding tert-OH is 1. The second-order valence-electron chi connectivity index (χ2n) is 8.31. The molecule has 0 spiro atoms. The smallest absolute Gasteiger partial charge is 0.221 e. The summed E-state index contributed by atoms with van der Waals surface area (Å²) >= 11 is 0. The summed E-state index contributed by atoms with van der Waals surface area (Å²) in [7, 11) is 1.51. The molecule has 0 aromatic heterocycles. The van der Waals surface area contributed by atoms with E-state index in [-0.39, 0.29) is 13.2 Å². The first kappa shape index (κ1) is 24.5. The highest BCUT2D eigenvalue weighted by molar-refractivity contribution is 5.15. The Morgan fingerprint density at radius 3 is 1.74 bits per heavy atom. The van der Waals surface area contributed by atoms with Crippen molar-refractivity contribution in [3.63, 3.8) is 0 Å². The molecule has 0 radical (unpaired) electrons. The van der Waals surface area contributed by atoms with Crippen LogP contribution in [0.2, 0.25) is 0 Å². The number of methoxy groups -OCH3 is 1. The van der Waals surface area contributed by atoms with Gasteiger partial charge in [-0.15, -0.1) is 0 Å². The predicted octanol–water partition coefficient (Wildman–Crippen LogP) is 4.11. The first-order valence-corrected chi connectivity index (χ1v) is 11.5. The van der Waals surface area contributed by atoms with E-state index in [1.165, 1.54) is 7.11 Å². The normalized spacial score (nSPS) is 24.4. The molecular formula is C28H32O6. The third kappa shape index (κ3) is 6.10. The van der Waals surface area contributed by atoms with Gasteiger partial charge in [0.05, 0.1) is 26.4 Å². The topological polar surface area (TPSA) is 66.4 Å². The Bertz CT molecular complexity index is 962. The number of hydrogen-bond acceptors (Lipinski definition) is 6. The Kier molecular flexibility index (Phi) is 8.82. The molecule has 0 unspecified atom stereocenters. The Morgan fingerprint density at radius 2 is 1.24 bits per heavy atom. The largest absolute Gasteiger partial charge is 0.391 e. The second kappa shape index (κ2) is 12.2. The number of aliphatic hydroxyl groups is 1. The molecule has 3 aromatic rings. The molecule has 0 saturated carbocycles. The van der Waals surface area contributed by atoms with Gasteiger partial charge in [-0.3, -0.25) is 0 Å². The van der Waals surface area contributed by atoms with Crippen LogP contribution in [-0.4, -0.2) is 49.5 Å². The SMILES string of the molecule is CO[C@]1(CO)O[C@@H](COCc2ccccc2)[C@H](OCc2ccccc2)[C@H]1OCc1ccccc1. The molecule has 6 heteroatoms. The lowest BCUT2D eigenvalue weighted by Gasteiger charge is -2.32. The molecule has 0 amide bonds. The molecular weight excluding hydrogens is 432 g/mol. The first-order valence-electron chi connectivity index (χ1n) is 11.5. The quantitative estimate of drug-likeness (QED) is 0.435. The molecule has 1 fully saturated rings. The lowest BCUT2D eigenvalue weighted by molar-refractivity contribution is -0.274. The summed E-state index contributed by atoms with van der Waals surface area (Å²) in [6.45, 7) is 1.05. The number of rotatable bonds is 12. The van der Waals surface area contributed by atoms with Crippen LogP contribution in [0.15, 0.2) is 91.0 Å². The summed E-state index contributed by atoms with van der Waals surface area (Å²) in [5, 5.41) is 10.3. The third-order valence-corrected chi connectivity index (χ3v) is 5.97. The highest BCUT2D eigenvalue weighted by Gasteiger charge is 2.57.